The van der Waals surface area contributed by atoms with Crippen molar-refractivity contribution in [2.75, 3.05) is 0 Å². The SMILES string of the molecule is CCC(C)c1cc(Br)c([N+](=O)[O-])c(C(C)CC)c1C#N. The molecule has 0 amide bonds. The summed E-state index contributed by atoms with van der Waals surface area (Å²) in [6.07, 6.45) is 1.64. The minimum Gasteiger partial charge on any atom is -0.258 e. The Morgan fingerprint density at radius 1 is 1.35 bits per heavy atom. The second-order valence-electron chi connectivity index (χ2n) is 5.07. The summed E-state index contributed by atoms with van der Waals surface area (Å²) < 4.78 is 0.465. The molecule has 0 fully saturated rings. The first kappa shape index (κ1) is 16.6. The smallest absolute Gasteiger partial charge is 0.258 e. The third-order valence-electron chi connectivity index (χ3n) is 3.86. The number of hydrogen-bond donors (Lipinski definition) is 0. The van der Waals surface area contributed by atoms with Crippen LogP contribution >= 0.6 is 15.9 Å². The van der Waals surface area contributed by atoms with Crippen LogP contribution in [0.2, 0.25) is 0 Å². The van der Waals surface area contributed by atoms with Crippen molar-refractivity contribution in [3.63, 3.8) is 0 Å². The molecule has 108 valence electrons. The molecule has 0 aliphatic rings. The summed E-state index contributed by atoms with van der Waals surface area (Å²) in [5, 5.41) is 20.8. The van der Waals surface area contributed by atoms with Crippen molar-refractivity contribution >= 4 is 21.6 Å². The topological polar surface area (TPSA) is 66.9 Å². The van der Waals surface area contributed by atoms with E-state index in [1.807, 2.05) is 27.7 Å². The van der Waals surface area contributed by atoms with Crippen LogP contribution in [0.3, 0.4) is 0 Å². The van der Waals surface area contributed by atoms with Crippen molar-refractivity contribution in [2.45, 2.75) is 52.4 Å². The van der Waals surface area contributed by atoms with Gasteiger partial charge in [-0.15, -0.1) is 0 Å². The molecule has 0 heterocycles. The molecule has 1 rings (SSSR count). The van der Waals surface area contributed by atoms with Crippen LogP contribution in [-0.4, -0.2) is 4.92 Å². The van der Waals surface area contributed by atoms with Gasteiger partial charge in [0.25, 0.3) is 5.69 Å². The average Bonchev–Trinajstić information content (AvgIpc) is 2.43. The summed E-state index contributed by atoms with van der Waals surface area (Å²) in [5.41, 5.74) is 1.96. The highest BCUT2D eigenvalue weighted by Crippen LogP contribution is 2.41. The van der Waals surface area contributed by atoms with E-state index < -0.39 is 4.92 Å². The third-order valence-corrected chi connectivity index (χ3v) is 4.47. The van der Waals surface area contributed by atoms with Gasteiger partial charge in [-0.1, -0.05) is 27.7 Å². The standard InChI is InChI=1S/C15H19BrN2O2/c1-5-9(3)11-7-13(16)15(18(19)20)14(10(4)6-2)12(11)8-17/h7,9-10H,5-6H2,1-4H3. The number of halogens is 1. The van der Waals surface area contributed by atoms with Crippen LogP contribution in [-0.2, 0) is 0 Å². The van der Waals surface area contributed by atoms with E-state index in [9.17, 15) is 15.4 Å². The lowest BCUT2D eigenvalue weighted by Crippen LogP contribution is -2.08. The molecule has 4 nitrogen and oxygen atoms in total. The van der Waals surface area contributed by atoms with Crippen molar-refractivity contribution in [3.05, 3.63) is 37.3 Å². The van der Waals surface area contributed by atoms with Crippen LogP contribution in [0, 0.1) is 21.4 Å². The molecule has 0 radical (unpaired) electrons. The molecule has 0 aliphatic carbocycles. The quantitative estimate of drug-likeness (QED) is 0.543. The summed E-state index contributed by atoms with van der Waals surface area (Å²) in [6, 6.07) is 3.92. The lowest BCUT2D eigenvalue weighted by molar-refractivity contribution is -0.386. The van der Waals surface area contributed by atoms with E-state index in [0.717, 1.165) is 18.4 Å². The lowest BCUT2D eigenvalue weighted by atomic mass is 9.85. The Balaban J connectivity index is 3.77. The van der Waals surface area contributed by atoms with Crippen molar-refractivity contribution in [1.82, 2.24) is 0 Å². The van der Waals surface area contributed by atoms with Gasteiger partial charge in [0.15, 0.2) is 0 Å². The van der Waals surface area contributed by atoms with Crippen LogP contribution in [0.5, 0.6) is 0 Å². The molecule has 0 bridgehead atoms. The Labute approximate surface area is 128 Å². The summed E-state index contributed by atoms with van der Waals surface area (Å²) in [6.45, 7) is 7.98. The minimum atomic E-state index is -0.396. The van der Waals surface area contributed by atoms with Gasteiger partial charge in [0.1, 0.15) is 0 Å². The third kappa shape index (κ3) is 3.01. The molecule has 0 aliphatic heterocycles. The van der Waals surface area contributed by atoms with Gasteiger partial charge in [0, 0.05) is 0 Å². The molecule has 0 spiro atoms. The van der Waals surface area contributed by atoms with Gasteiger partial charge in [-0.25, -0.2) is 0 Å². The molecule has 2 unspecified atom stereocenters. The summed E-state index contributed by atoms with van der Waals surface area (Å²) in [7, 11) is 0. The lowest BCUT2D eigenvalue weighted by Gasteiger charge is -2.19. The van der Waals surface area contributed by atoms with Crippen LogP contribution < -0.4 is 0 Å². The first-order chi connectivity index (χ1) is 9.38. The Kier molecular flexibility index (Phi) is 5.70. The van der Waals surface area contributed by atoms with E-state index in [1.54, 1.807) is 6.07 Å². The monoisotopic (exact) mass is 338 g/mol. The molecule has 1 aromatic carbocycles. The van der Waals surface area contributed by atoms with Gasteiger partial charge in [-0.2, -0.15) is 5.26 Å². The Morgan fingerprint density at radius 2 is 1.90 bits per heavy atom. The highest BCUT2D eigenvalue weighted by molar-refractivity contribution is 9.10. The largest absolute Gasteiger partial charge is 0.288 e. The number of nitrogens with zero attached hydrogens (tertiary/aromatic N) is 2. The Hall–Kier alpha value is -1.41. The summed E-state index contributed by atoms with van der Waals surface area (Å²) in [4.78, 5) is 11.0. The minimum absolute atomic E-state index is 0.0228. The first-order valence-electron chi connectivity index (χ1n) is 6.79. The average molecular weight is 339 g/mol. The van der Waals surface area contributed by atoms with E-state index in [2.05, 4.69) is 22.0 Å². The van der Waals surface area contributed by atoms with E-state index in [1.165, 1.54) is 0 Å². The molecule has 0 N–H and O–H groups in total. The zero-order chi connectivity index (χ0) is 15.4. The fourth-order valence-electron chi connectivity index (χ4n) is 2.28. The predicted octanol–water partition coefficient (Wildman–Crippen LogP) is 5.26. The summed E-state index contributed by atoms with van der Waals surface area (Å²) >= 11 is 3.31. The van der Waals surface area contributed by atoms with Gasteiger partial charge >= 0.3 is 0 Å². The Bertz CT molecular complexity index is 564. The number of rotatable bonds is 5. The molecule has 0 aromatic heterocycles. The van der Waals surface area contributed by atoms with E-state index in [4.69, 9.17) is 0 Å². The van der Waals surface area contributed by atoms with Gasteiger partial charge in [0.2, 0.25) is 0 Å². The normalized spacial score (nSPS) is 13.6. The van der Waals surface area contributed by atoms with Crippen molar-refractivity contribution in [3.8, 4) is 6.07 Å². The fraction of sp³-hybridized carbons (Fsp3) is 0.533. The molecule has 5 heteroatoms. The fourth-order valence-corrected chi connectivity index (χ4v) is 2.89. The van der Waals surface area contributed by atoms with Gasteiger partial charge in [-0.3, -0.25) is 10.1 Å². The number of nitro groups is 1. The van der Waals surface area contributed by atoms with E-state index in [-0.39, 0.29) is 17.5 Å². The molecule has 0 saturated heterocycles. The molecule has 2 atom stereocenters. The number of nitriles is 1. The number of benzene rings is 1. The van der Waals surface area contributed by atoms with Crippen LogP contribution in [0.15, 0.2) is 10.5 Å². The maximum Gasteiger partial charge on any atom is 0.288 e. The Morgan fingerprint density at radius 3 is 2.30 bits per heavy atom. The van der Waals surface area contributed by atoms with Crippen molar-refractivity contribution in [1.29, 1.82) is 5.26 Å². The highest BCUT2D eigenvalue weighted by atomic mass is 79.9. The number of nitro benzene ring substituents is 1. The maximum atomic E-state index is 11.3. The van der Waals surface area contributed by atoms with E-state index >= 15 is 0 Å². The van der Waals surface area contributed by atoms with Crippen LogP contribution in [0.4, 0.5) is 5.69 Å². The molecule has 0 saturated carbocycles. The molecule has 1 aromatic rings. The second-order valence-corrected chi connectivity index (χ2v) is 5.93. The first-order valence-corrected chi connectivity index (χ1v) is 7.58. The molecule has 20 heavy (non-hydrogen) atoms. The molecular formula is C15H19BrN2O2. The van der Waals surface area contributed by atoms with Crippen molar-refractivity contribution in [2.24, 2.45) is 0 Å². The van der Waals surface area contributed by atoms with E-state index in [0.29, 0.717) is 15.6 Å². The summed E-state index contributed by atoms with van der Waals surface area (Å²) in [5.74, 6) is 0.176. The highest BCUT2D eigenvalue weighted by Gasteiger charge is 2.29. The zero-order valence-electron chi connectivity index (χ0n) is 12.2. The molecular weight excluding hydrogens is 320 g/mol. The van der Waals surface area contributed by atoms with Crippen LogP contribution in [0.25, 0.3) is 0 Å². The zero-order valence-corrected chi connectivity index (χ0v) is 13.8. The predicted molar refractivity (Wildman–Crippen MR) is 82.9 cm³/mol. The van der Waals surface area contributed by atoms with Gasteiger partial charge < -0.3 is 0 Å². The van der Waals surface area contributed by atoms with Crippen molar-refractivity contribution < 1.29 is 4.92 Å². The second kappa shape index (κ2) is 6.85. The van der Waals surface area contributed by atoms with Gasteiger partial charge in [0.05, 0.1) is 26.6 Å². The van der Waals surface area contributed by atoms with Crippen LogP contribution in [0.1, 0.15) is 69.1 Å². The number of hydrogen-bond acceptors (Lipinski definition) is 3. The van der Waals surface area contributed by atoms with Gasteiger partial charge in [-0.05, 0) is 52.2 Å². The maximum absolute atomic E-state index is 11.3.